The lowest BCUT2D eigenvalue weighted by Crippen LogP contribution is -2.25. The van der Waals surface area contributed by atoms with Gasteiger partial charge in [0.2, 0.25) is 0 Å². The highest BCUT2D eigenvalue weighted by molar-refractivity contribution is 5.80. The molecule has 0 aromatic carbocycles. The topological polar surface area (TPSA) is 27.1 Å². The first kappa shape index (κ1) is 12.5. The quantitative estimate of drug-likeness (QED) is 0.638. The van der Waals surface area contributed by atoms with Crippen molar-refractivity contribution >= 4 is 5.84 Å². The van der Waals surface area contributed by atoms with Crippen LogP contribution in [0.2, 0.25) is 0 Å². The smallest absolute Gasteiger partial charge is 0.0958 e. The van der Waals surface area contributed by atoms with Crippen LogP contribution < -0.4 is 0 Å². The molecule has 1 saturated heterocycles. The Hall–Kier alpha value is -0.530. The summed E-state index contributed by atoms with van der Waals surface area (Å²) in [6, 6.07) is 0. The number of hydrogen-bond acceptors (Lipinski definition) is 1. The van der Waals surface area contributed by atoms with E-state index in [0.717, 1.165) is 31.3 Å². The molecule has 0 spiro atoms. The maximum absolute atomic E-state index is 7.70. The van der Waals surface area contributed by atoms with Crippen LogP contribution in [0.1, 0.15) is 58.8 Å². The van der Waals surface area contributed by atoms with Crippen molar-refractivity contribution in [1.29, 1.82) is 5.41 Å². The molecule has 0 bridgehead atoms. The Labute approximate surface area is 94.6 Å². The molecule has 2 heteroatoms. The summed E-state index contributed by atoms with van der Waals surface area (Å²) in [6.45, 7) is 6.85. The van der Waals surface area contributed by atoms with Crippen LogP contribution >= 0.6 is 0 Å². The number of likely N-dealkylation sites (tertiary alicyclic amines) is 1. The van der Waals surface area contributed by atoms with Crippen LogP contribution in [-0.2, 0) is 0 Å². The predicted molar refractivity (Wildman–Crippen MR) is 66.5 cm³/mol. The van der Waals surface area contributed by atoms with Crippen LogP contribution in [-0.4, -0.2) is 23.8 Å². The molecule has 2 nitrogen and oxygen atoms in total. The molecule has 1 aliphatic rings. The van der Waals surface area contributed by atoms with E-state index >= 15 is 0 Å². The van der Waals surface area contributed by atoms with E-state index in [1.54, 1.807) is 0 Å². The van der Waals surface area contributed by atoms with E-state index in [1.165, 1.54) is 38.5 Å². The highest BCUT2D eigenvalue weighted by atomic mass is 15.2. The third kappa shape index (κ3) is 5.19. The fourth-order valence-electron chi connectivity index (χ4n) is 2.19. The Morgan fingerprint density at radius 2 is 1.93 bits per heavy atom. The highest BCUT2D eigenvalue weighted by Crippen LogP contribution is 2.13. The van der Waals surface area contributed by atoms with Crippen molar-refractivity contribution in [3.63, 3.8) is 0 Å². The third-order valence-corrected chi connectivity index (χ3v) is 3.18. The van der Waals surface area contributed by atoms with E-state index in [0.29, 0.717) is 0 Å². The summed E-state index contributed by atoms with van der Waals surface area (Å²) >= 11 is 0. The predicted octanol–water partition coefficient (Wildman–Crippen LogP) is 3.67. The van der Waals surface area contributed by atoms with Crippen molar-refractivity contribution in [2.24, 2.45) is 5.92 Å². The minimum absolute atomic E-state index is 0.858. The van der Waals surface area contributed by atoms with Gasteiger partial charge >= 0.3 is 0 Å². The second kappa shape index (κ2) is 6.86. The van der Waals surface area contributed by atoms with Gasteiger partial charge in [-0.05, 0) is 18.8 Å². The largest absolute Gasteiger partial charge is 0.361 e. The molecule has 1 N–H and O–H groups in total. The average Bonchev–Trinajstić information content (AvgIpc) is 2.57. The van der Waals surface area contributed by atoms with Gasteiger partial charge in [-0.3, -0.25) is 5.41 Å². The Morgan fingerprint density at radius 1 is 1.20 bits per heavy atom. The van der Waals surface area contributed by atoms with Gasteiger partial charge in [-0.2, -0.15) is 0 Å². The molecule has 0 aromatic rings. The maximum Gasteiger partial charge on any atom is 0.0958 e. The average molecular weight is 210 g/mol. The van der Waals surface area contributed by atoms with Crippen LogP contribution in [0, 0.1) is 11.3 Å². The normalized spacial score (nSPS) is 16.7. The van der Waals surface area contributed by atoms with Gasteiger partial charge in [-0.25, -0.2) is 0 Å². The minimum atomic E-state index is 0.858. The van der Waals surface area contributed by atoms with Crippen molar-refractivity contribution in [2.45, 2.75) is 58.8 Å². The van der Waals surface area contributed by atoms with E-state index in [-0.39, 0.29) is 0 Å². The molecule has 0 atom stereocenters. The molecular formula is C13H26N2. The maximum atomic E-state index is 7.70. The van der Waals surface area contributed by atoms with Gasteiger partial charge in [0.05, 0.1) is 5.84 Å². The molecule has 15 heavy (non-hydrogen) atoms. The van der Waals surface area contributed by atoms with Gasteiger partial charge in [-0.15, -0.1) is 0 Å². The van der Waals surface area contributed by atoms with Crippen LogP contribution in [0.4, 0.5) is 0 Å². The number of amidine groups is 1. The zero-order valence-corrected chi connectivity index (χ0v) is 10.4. The molecule has 0 radical (unpaired) electrons. The molecule has 0 saturated carbocycles. The van der Waals surface area contributed by atoms with Gasteiger partial charge in [0.25, 0.3) is 0 Å². The Morgan fingerprint density at radius 3 is 2.53 bits per heavy atom. The van der Waals surface area contributed by atoms with Gasteiger partial charge in [-0.1, -0.05) is 39.5 Å². The van der Waals surface area contributed by atoms with Crippen molar-refractivity contribution in [1.82, 2.24) is 4.90 Å². The SMILES string of the molecule is CC(C)CCCCCCN1CCCC1=N. The number of unbranched alkanes of at least 4 members (excludes halogenated alkanes) is 3. The second-order valence-corrected chi connectivity index (χ2v) is 5.13. The van der Waals surface area contributed by atoms with Crippen LogP contribution in [0.15, 0.2) is 0 Å². The Kier molecular flexibility index (Phi) is 5.74. The summed E-state index contributed by atoms with van der Waals surface area (Å²) in [5, 5.41) is 7.70. The highest BCUT2D eigenvalue weighted by Gasteiger charge is 2.15. The molecule has 1 heterocycles. The van der Waals surface area contributed by atoms with E-state index in [9.17, 15) is 0 Å². The Balaban J connectivity index is 1.90. The van der Waals surface area contributed by atoms with E-state index in [1.807, 2.05) is 0 Å². The molecule has 88 valence electrons. The third-order valence-electron chi connectivity index (χ3n) is 3.18. The second-order valence-electron chi connectivity index (χ2n) is 5.13. The molecule has 0 amide bonds. The standard InChI is InChI=1S/C13H26N2/c1-12(2)8-5-3-4-6-10-15-11-7-9-13(15)14/h12,14H,3-11H2,1-2H3. The number of nitrogens with one attached hydrogen (secondary N) is 1. The van der Waals surface area contributed by atoms with E-state index in [2.05, 4.69) is 18.7 Å². The summed E-state index contributed by atoms with van der Waals surface area (Å²) in [5.41, 5.74) is 0. The summed E-state index contributed by atoms with van der Waals surface area (Å²) in [7, 11) is 0. The number of nitrogens with zero attached hydrogens (tertiary/aromatic N) is 1. The van der Waals surface area contributed by atoms with Crippen LogP contribution in [0.5, 0.6) is 0 Å². The zero-order chi connectivity index (χ0) is 11.1. The number of hydrogen-bond donors (Lipinski definition) is 1. The lowest BCUT2D eigenvalue weighted by Gasteiger charge is -2.17. The molecule has 1 aliphatic heterocycles. The Bertz CT molecular complexity index is 187. The van der Waals surface area contributed by atoms with Gasteiger partial charge < -0.3 is 4.90 Å². The first-order valence-electron chi connectivity index (χ1n) is 6.52. The van der Waals surface area contributed by atoms with E-state index in [4.69, 9.17) is 5.41 Å². The van der Waals surface area contributed by atoms with Gasteiger partial charge in [0, 0.05) is 19.5 Å². The lowest BCUT2D eigenvalue weighted by atomic mass is 10.0. The monoisotopic (exact) mass is 210 g/mol. The minimum Gasteiger partial charge on any atom is -0.361 e. The summed E-state index contributed by atoms with van der Waals surface area (Å²) < 4.78 is 0. The fourth-order valence-corrected chi connectivity index (χ4v) is 2.19. The summed E-state index contributed by atoms with van der Waals surface area (Å²) in [5.74, 6) is 1.73. The van der Waals surface area contributed by atoms with Crippen LogP contribution in [0.3, 0.4) is 0 Å². The van der Waals surface area contributed by atoms with Gasteiger partial charge in [0.1, 0.15) is 0 Å². The van der Waals surface area contributed by atoms with E-state index < -0.39 is 0 Å². The first-order chi connectivity index (χ1) is 7.20. The fraction of sp³-hybridized carbons (Fsp3) is 0.923. The van der Waals surface area contributed by atoms with Crippen LogP contribution in [0.25, 0.3) is 0 Å². The lowest BCUT2D eigenvalue weighted by molar-refractivity contribution is 0.422. The zero-order valence-electron chi connectivity index (χ0n) is 10.4. The van der Waals surface area contributed by atoms with Crippen molar-refractivity contribution < 1.29 is 0 Å². The molecule has 0 unspecified atom stereocenters. The van der Waals surface area contributed by atoms with Crippen molar-refractivity contribution in [3.8, 4) is 0 Å². The molecular weight excluding hydrogens is 184 g/mol. The van der Waals surface area contributed by atoms with Crippen molar-refractivity contribution in [2.75, 3.05) is 13.1 Å². The summed E-state index contributed by atoms with van der Waals surface area (Å²) in [4.78, 5) is 2.25. The molecule has 0 aromatic heterocycles. The first-order valence-corrected chi connectivity index (χ1v) is 6.52. The van der Waals surface area contributed by atoms with Crippen molar-refractivity contribution in [3.05, 3.63) is 0 Å². The summed E-state index contributed by atoms with van der Waals surface area (Å²) in [6.07, 6.45) is 8.96. The molecule has 1 rings (SSSR count). The molecule has 1 fully saturated rings. The van der Waals surface area contributed by atoms with Gasteiger partial charge in [0.15, 0.2) is 0 Å². The molecule has 0 aliphatic carbocycles. The number of rotatable bonds is 7.